The summed E-state index contributed by atoms with van der Waals surface area (Å²) in [5.74, 6) is -0.288. The zero-order valence-corrected chi connectivity index (χ0v) is 20.9. The van der Waals surface area contributed by atoms with Gasteiger partial charge in [0.15, 0.2) is 11.6 Å². The summed E-state index contributed by atoms with van der Waals surface area (Å²) in [6.45, 7) is 8.87. The lowest BCUT2D eigenvalue weighted by atomic mass is 10.2. The summed E-state index contributed by atoms with van der Waals surface area (Å²) < 4.78 is 26.5. The van der Waals surface area contributed by atoms with Gasteiger partial charge in [0.05, 0.1) is 18.8 Å². The maximum Gasteiger partial charge on any atom is 0.412 e. The number of nitrogens with zero attached hydrogens (tertiary/aromatic N) is 2. The van der Waals surface area contributed by atoms with Gasteiger partial charge in [0, 0.05) is 16.8 Å². The number of aromatic nitrogens is 2. The summed E-state index contributed by atoms with van der Waals surface area (Å²) in [4.78, 5) is 29.8. The minimum Gasteiger partial charge on any atom is -0.488 e. The number of nitrogens with one attached hydrogen (secondary N) is 2. The lowest BCUT2D eigenvalue weighted by Gasteiger charge is -2.20. The molecule has 3 aromatic rings. The molecule has 0 saturated heterocycles. The Morgan fingerprint density at radius 3 is 2.46 bits per heavy atom. The molecule has 0 bridgehead atoms. The molecule has 0 fully saturated rings. The van der Waals surface area contributed by atoms with Gasteiger partial charge in [0.2, 0.25) is 5.95 Å². The van der Waals surface area contributed by atoms with Gasteiger partial charge in [-0.15, -0.1) is 0 Å². The fraction of sp³-hybridized carbons (Fsp3) is 0.320. The van der Waals surface area contributed by atoms with Crippen LogP contribution >= 0.6 is 11.6 Å². The van der Waals surface area contributed by atoms with Crippen molar-refractivity contribution in [2.24, 2.45) is 0 Å². The van der Waals surface area contributed by atoms with Crippen LogP contribution in [0.1, 0.15) is 40.2 Å². The Labute approximate surface area is 208 Å². The number of carbonyl (C=O) groups excluding carboxylic acids is 1. The van der Waals surface area contributed by atoms with Crippen molar-refractivity contribution in [3.05, 3.63) is 75.4 Å². The lowest BCUT2D eigenvalue weighted by molar-refractivity contribution is 0.0635. The quantitative estimate of drug-likeness (QED) is 0.414. The van der Waals surface area contributed by atoms with Crippen LogP contribution < -0.4 is 20.9 Å². The predicted molar refractivity (Wildman–Crippen MR) is 134 cm³/mol. The molecule has 2 N–H and O–H groups in total. The van der Waals surface area contributed by atoms with E-state index in [9.17, 15) is 14.0 Å². The van der Waals surface area contributed by atoms with Gasteiger partial charge in [0.25, 0.3) is 5.56 Å². The number of hydrogen-bond donors (Lipinski definition) is 2. The van der Waals surface area contributed by atoms with Crippen molar-refractivity contribution in [1.82, 2.24) is 9.55 Å². The van der Waals surface area contributed by atoms with E-state index in [1.807, 2.05) is 0 Å². The van der Waals surface area contributed by atoms with E-state index in [-0.39, 0.29) is 30.0 Å². The smallest absolute Gasteiger partial charge is 0.412 e. The van der Waals surface area contributed by atoms with Crippen LogP contribution in [0.2, 0.25) is 5.02 Å². The third kappa shape index (κ3) is 7.45. The molecule has 0 saturated carbocycles. The normalized spacial score (nSPS) is 11.3. The molecule has 0 radical (unpaired) electrons. The first-order valence-electron chi connectivity index (χ1n) is 11.0. The highest BCUT2D eigenvalue weighted by molar-refractivity contribution is 6.30. The Bertz CT molecular complexity index is 1250. The Morgan fingerprint density at radius 1 is 1.17 bits per heavy atom. The Balaban J connectivity index is 1.96. The minimum absolute atomic E-state index is 0.0642. The van der Waals surface area contributed by atoms with Crippen LogP contribution in [-0.2, 0) is 11.3 Å². The average Bonchev–Trinajstić information content (AvgIpc) is 2.74. The number of anilines is 3. The van der Waals surface area contributed by atoms with Crippen molar-refractivity contribution in [3.63, 3.8) is 0 Å². The van der Waals surface area contributed by atoms with Crippen molar-refractivity contribution in [2.75, 3.05) is 10.6 Å². The minimum atomic E-state index is -0.780. The molecule has 0 aliphatic carbocycles. The fourth-order valence-electron chi connectivity index (χ4n) is 3.07. The topological polar surface area (TPSA) is 94.5 Å². The van der Waals surface area contributed by atoms with Gasteiger partial charge >= 0.3 is 6.09 Å². The Hall–Kier alpha value is -3.59. The van der Waals surface area contributed by atoms with E-state index < -0.39 is 23.1 Å². The van der Waals surface area contributed by atoms with E-state index in [4.69, 9.17) is 21.1 Å². The first-order chi connectivity index (χ1) is 16.4. The molecule has 1 aromatic heterocycles. The molecule has 8 nitrogen and oxygen atoms in total. The highest BCUT2D eigenvalue weighted by Gasteiger charge is 2.19. The van der Waals surface area contributed by atoms with Crippen molar-refractivity contribution >= 4 is 35.0 Å². The number of benzene rings is 2. The zero-order valence-electron chi connectivity index (χ0n) is 20.2. The molecule has 35 heavy (non-hydrogen) atoms. The van der Waals surface area contributed by atoms with E-state index in [0.717, 1.165) is 5.56 Å². The average molecular weight is 503 g/mol. The van der Waals surface area contributed by atoms with Crippen molar-refractivity contribution in [3.8, 4) is 5.75 Å². The summed E-state index contributed by atoms with van der Waals surface area (Å²) in [5, 5.41) is 5.97. The van der Waals surface area contributed by atoms with E-state index >= 15 is 0 Å². The molecule has 0 aliphatic rings. The SMILES string of the molecule is CC(C)Oc1ccc(Nc2ncc(NC(=O)OC(C)(C)C)c(=O)n2Cc2ccc(Cl)cc2)cc1F. The van der Waals surface area contributed by atoms with Crippen molar-refractivity contribution < 1.29 is 18.7 Å². The van der Waals surface area contributed by atoms with Crippen LogP contribution in [0.15, 0.2) is 53.5 Å². The van der Waals surface area contributed by atoms with Crippen LogP contribution in [0.3, 0.4) is 0 Å². The summed E-state index contributed by atoms with van der Waals surface area (Å²) in [5.41, 5.74) is -0.198. The van der Waals surface area contributed by atoms with Gasteiger partial charge in [-0.2, -0.15) is 0 Å². The van der Waals surface area contributed by atoms with E-state index in [2.05, 4.69) is 15.6 Å². The number of halogens is 2. The van der Waals surface area contributed by atoms with Gasteiger partial charge in [-0.05, 0) is 64.4 Å². The number of rotatable bonds is 7. The maximum absolute atomic E-state index is 14.5. The van der Waals surface area contributed by atoms with Crippen LogP contribution in [0.25, 0.3) is 0 Å². The first-order valence-corrected chi connectivity index (χ1v) is 11.4. The molecular formula is C25H28ClFN4O4. The molecule has 1 heterocycles. The van der Waals surface area contributed by atoms with Crippen LogP contribution in [0, 0.1) is 5.82 Å². The molecule has 0 atom stereocenters. The van der Waals surface area contributed by atoms with Gasteiger partial charge in [0.1, 0.15) is 11.3 Å². The number of carbonyl (C=O) groups is 1. The van der Waals surface area contributed by atoms with Gasteiger partial charge in [-0.1, -0.05) is 23.7 Å². The van der Waals surface area contributed by atoms with E-state index in [1.165, 1.54) is 22.9 Å². The zero-order chi connectivity index (χ0) is 25.8. The molecule has 10 heteroatoms. The highest BCUT2D eigenvalue weighted by atomic mass is 35.5. The predicted octanol–water partition coefficient (Wildman–Crippen LogP) is 5.96. The first kappa shape index (κ1) is 26.0. The molecule has 2 aromatic carbocycles. The number of ether oxygens (including phenoxy) is 2. The standard InChI is InChI=1S/C25H28ClFN4O4/c1-15(2)34-21-11-10-18(12-19(21)27)29-23-28-13-20(30-24(33)35-25(3,4)5)22(32)31(23)14-16-6-8-17(26)9-7-16/h6-13,15H,14H2,1-5H3,(H,28,29)(H,30,33). The molecule has 0 spiro atoms. The van der Waals surface area contributed by atoms with Crippen molar-refractivity contribution in [2.45, 2.75) is 52.9 Å². The number of amides is 1. The van der Waals surface area contributed by atoms with Crippen molar-refractivity contribution in [1.29, 1.82) is 0 Å². The van der Waals surface area contributed by atoms with E-state index in [1.54, 1.807) is 65.0 Å². The van der Waals surface area contributed by atoms with Gasteiger partial charge in [-0.3, -0.25) is 14.7 Å². The molecule has 1 amide bonds. The van der Waals surface area contributed by atoms with Crippen LogP contribution in [0.4, 0.5) is 26.5 Å². The Kier molecular flexibility index (Phi) is 8.01. The fourth-order valence-corrected chi connectivity index (χ4v) is 3.19. The van der Waals surface area contributed by atoms with Gasteiger partial charge < -0.3 is 14.8 Å². The highest BCUT2D eigenvalue weighted by Crippen LogP contribution is 2.24. The third-order valence-electron chi connectivity index (χ3n) is 4.49. The summed E-state index contributed by atoms with van der Waals surface area (Å²) in [6.07, 6.45) is 0.261. The number of hydrogen-bond acceptors (Lipinski definition) is 6. The van der Waals surface area contributed by atoms with Crippen LogP contribution in [0.5, 0.6) is 5.75 Å². The summed E-state index contributed by atoms with van der Waals surface area (Å²) in [7, 11) is 0. The molecule has 3 rings (SSSR count). The van der Waals surface area contributed by atoms with E-state index in [0.29, 0.717) is 10.7 Å². The summed E-state index contributed by atoms with van der Waals surface area (Å²) in [6, 6.07) is 11.3. The second kappa shape index (κ2) is 10.8. The lowest BCUT2D eigenvalue weighted by Crippen LogP contribution is -2.32. The second-order valence-corrected chi connectivity index (χ2v) is 9.51. The van der Waals surface area contributed by atoms with Crippen LogP contribution in [-0.4, -0.2) is 27.3 Å². The molecule has 186 valence electrons. The Morgan fingerprint density at radius 2 is 1.86 bits per heavy atom. The monoisotopic (exact) mass is 502 g/mol. The third-order valence-corrected chi connectivity index (χ3v) is 4.74. The second-order valence-electron chi connectivity index (χ2n) is 9.08. The maximum atomic E-state index is 14.5. The summed E-state index contributed by atoms with van der Waals surface area (Å²) >= 11 is 5.98. The molecule has 0 unspecified atom stereocenters. The molecular weight excluding hydrogens is 475 g/mol. The largest absolute Gasteiger partial charge is 0.488 e. The molecule has 0 aliphatic heterocycles. The van der Waals surface area contributed by atoms with Gasteiger partial charge in [-0.25, -0.2) is 14.2 Å².